The fraction of sp³-hybridized carbons (Fsp3) is 0.667. The van der Waals surface area contributed by atoms with Gasteiger partial charge in [-0.2, -0.15) is 0 Å². The minimum atomic E-state index is 0.817. The van der Waals surface area contributed by atoms with Crippen LogP contribution in [0, 0.1) is 0 Å². The molecular weight excluding hydrogens is 252 g/mol. The highest BCUT2D eigenvalue weighted by Crippen LogP contribution is 1.99. The van der Waals surface area contributed by atoms with Crippen LogP contribution in [0.25, 0.3) is 0 Å². The molecule has 1 aromatic rings. The van der Waals surface area contributed by atoms with E-state index in [9.17, 15) is 0 Å². The number of rotatable bonds is 9. The molecule has 1 aromatic heterocycles. The van der Waals surface area contributed by atoms with E-state index >= 15 is 0 Å². The fourth-order valence-corrected chi connectivity index (χ4v) is 1.94. The van der Waals surface area contributed by atoms with Crippen LogP contribution in [0.2, 0.25) is 0 Å². The maximum atomic E-state index is 5.31. The number of aliphatic imine (C=N–C) groups is 1. The molecule has 0 saturated heterocycles. The Bertz CT molecular complexity index is 358. The molecule has 2 N–H and O–H groups in total. The summed E-state index contributed by atoms with van der Waals surface area (Å²) in [7, 11) is 0. The lowest BCUT2D eigenvalue weighted by molar-refractivity contribution is 0.313. The zero-order chi connectivity index (χ0) is 14.6. The molecule has 20 heavy (non-hydrogen) atoms. The first-order valence-corrected chi connectivity index (χ1v) is 7.57. The van der Waals surface area contributed by atoms with Crippen molar-refractivity contribution in [2.45, 2.75) is 27.2 Å². The molecule has 5 heteroatoms. The highest BCUT2D eigenvalue weighted by atomic mass is 16.3. The van der Waals surface area contributed by atoms with Crippen molar-refractivity contribution in [1.82, 2.24) is 15.5 Å². The molecule has 0 aromatic carbocycles. The highest BCUT2D eigenvalue weighted by molar-refractivity contribution is 5.79. The van der Waals surface area contributed by atoms with Crippen molar-refractivity contribution >= 4 is 5.96 Å². The molecule has 0 radical (unpaired) electrons. The summed E-state index contributed by atoms with van der Waals surface area (Å²) in [5.74, 6) is 1.88. The van der Waals surface area contributed by atoms with Gasteiger partial charge >= 0.3 is 0 Å². The summed E-state index contributed by atoms with van der Waals surface area (Å²) in [5.41, 5.74) is 0. The third-order valence-corrected chi connectivity index (χ3v) is 3.17. The molecule has 114 valence electrons. The highest BCUT2D eigenvalue weighted by Gasteiger charge is 2.00. The molecule has 0 aliphatic carbocycles. The second-order valence-electron chi connectivity index (χ2n) is 4.54. The lowest BCUT2D eigenvalue weighted by Crippen LogP contribution is -2.39. The number of likely N-dealkylation sites (N-methyl/N-ethyl adjacent to an activating group) is 1. The second kappa shape index (κ2) is 10.3. The van der Waals surface area contributed by atoms with Crippen LogP contribution >= 0.6 is 0 Å². The molecule has 0 fully saturated rings. The van der Waals surface area contributed by atoms with Crippen LogP contribution < -0.4 is 10.6 Å². The fourth-order valence-electron chi connectivity index (χ4n) is 1.94. The summed E-state index contributed by atoms with van der Waals surface area (Å²) in [6.45, 7) is 12.1. The van der Waals surface area contributed by atoms with Gasteiger partial charge in [0.15, 0.2) is 5.96 Å². The lowest BCUT2D eigenvalue weighted by atomic mass is 10.3. The summed E-state index contributed by atoms with van der Waals surface area (Å²) in [6.07, 6.45) is 2.58. The largest absolute Gasteiger partial charge is 0.469 e. The molecule has 1 heterocycles. The standard InChI is InChI=1S/C15H28N4O/c1-4-16-15(18-11-12-19(5-2)6-3)17-10-9-14-8-7-13-20-14/h7-8,13H,4-6,9-12H2,1-3H3,(H2,16,17,18). The van der Waals surface area contributed by atoms with E-state index in [0.29, 0.717) is 0 Å². The molecule has 0 unspecified atom stereocenters. The molecular formula is C15H28N4O. The van der Waals surface area contributed by atoms with Gasteiger partial charge in [-0.15, -0.1) is 0 Å². The SMILES string of the molecule is CCNC(=NCCN(CC)CC)NCCc1ccco1. The van der Waals surface area contributed by atoms with Crippen molar-refractivity contribution in [3.8, 4) is 0 Å². The lowest BCUT2D eigenvalue weighted by Gasteiger charge is -2.17. The van der Waals surface area contributed by atoms with E-state index in [1.807, 2.05) is 12.1 Å². The summed E-state index contributed by atoms with van der Waals surface area (Å²) in [4.78, 5) is 6.96. The smallest absolute Gasteiger partial charge is 0.191 e. The third kappa shape index (κ3) is 6.61. The van der Waals surface area contributed by atoms with Gasteiger partial charge in [0.2, 0.25) is 0 Å². The van der Waals surface area contributed by atoms with Crippen LogP contribution in [0.1, 0.15) is 26.5 Å². The van der Waals surface area contributed by atoms with Crippen LogP contribution in [-0.4, -0.2) is 50.1 Å². The normalized spacial score (nSPS) is 11.9. The Kier molecular flexibility index (Phi) is 8.54. The van der Waals surface area contributed by atoms with Gasteiger partial charge in [0.25, 0.3) is 0 Å². The van der Waals surface area contributed by atoms with Crippen molar-refractivity contribution in [2.24, 2.45) is 4.99 Å². The predicted molar refractivity (Wildman–Crippen MR) is 84.2 cm³/mol. The van der Waals surface area contributed by atoms with E-state index < -0.39 is 0 Å². The molecule has 0 aliphatic rings. The summed E-state index contributed by atoms with van der Waals surface area (Å²) < 4.78 is 5.31. The Morgan fingerprint density at radius 2 is 2.05 bits per heavy atom. The zero-order valence-electron chi connectivity index (χ0n) is 13.0. The number of nitrogens with one attached hydrogen (secondary N) is 2. The molecule has 0 amide bonds. The average molecular weight is 280 g/mol. The van der Waals surface area contributed by atoms with Crippen LogP contribution in [-0.2, 0) is 6.42 Å². The molecule has 1 rings (SSSR count). The van der Waals surface area contributed by atoms with E-state index in [-0.39, 0.29) is 0 Å². The van der Waals surface area contributed by atoms with Gasteiger partial charge in [0.1, 0.15) is 5.76 Å². The first-order valence-electron chi connectivity index (χ1n) is 7.57. The Morgan fingerprint density at radius 3 is 2.65 bits per heavy atom. The average Bonchev–Trinajstić information content (AvgIpc) is 2.97. The predicted octanol–water partition coefficient (Wildman–Crippen LogP) is 1.72. The van der Waals surface area contributed by atoms with E-state index in [2.05, 4.69) is 41.3 Å². The van der Waals surface area contributed by atoms with Crippen molar-refractivity contribution in [3.63, 3.8) is 0 Å². The third-order valence-electron chi connectivity index (χ3n) is 3.17. The van der Waals surface area contributed by atoms with Crippen LogP contribution in [0.3, 0.4) is 0 Å². The number of nitrogens with zero attached hydrogens (tertiary/aromatic N) is 2. The Labute approximate surface area is 122 Å². The van der Waals surface area contributed by atoms with E-state index in [0.717, 1.165) is 57.4 Å². The van der Waals surface area contributed by atoms with Crippen molar-refractivity contribution in [2.75, 3.05) is 39.3 Å². The van der Waals surface area contributed by atoms with Gasteiger partial charge in [-0.3, -0.25) is 4.99 Å². The van der Waals surface area contributed by atoms with Crippen LogP contribution in [0.15, 0.2) is 27.8 Å². The second-order valence-corrected chi connectivity index (χ2v) is 4.54. The Balaban J connectivity index is 2.30. The first kappa shape index (κ1) is 16.6. The first-order chi connectivity index (χ1) is 9.80. The van der Waals surface area contributed by atoms with Gasteiger partial charge in [0.05, 0.1) is 12.8 Å². The number of hydrogen-bond donors (Lipinski definition) is 2. The Morgan fingerprint density at radius 1 is 1.25 bits per heavy atom. The van der Waals surface area contributed by atoms with E-state index in [1.54, 1.807) is 6.26 Å². The number of hydrogen-bond acceptors (Lipinski definition) is 3. The van der Waals surface area contributed by atoms with Gasteiger partial charge in [-0.1, -0.05) is 13.8 Å². The maximum Gasteiger partial charge on any atom is 0.191 e. The van der Waals surface area contributed by atoms with Gasteiger partial charge < -0.3 is 20.0 Å². The molecule has 0 aliphatic heterocycles. The summed E-state index contributed by atoms with van der Waals surface area (Å²) >= 11 is 0. The topological polar surface area (TPSA) is 52.8 Å². The zero-order valence-corrected chi connectivity index (χ0v) is 13.0. The molecule has 0 atom stereocenters. The van der Waals surface area contributed by atoms with Gasteiger partial charge in [-0.25, -0.2) is 0 Å². The monoisotopic (exact) mass is 280 g/mol. The molecule has 0 saturated carbocycles. The molecule has 0 spiro atoms. The van der Waals surface area contributed by atoms with Crippen molar-refractivity contribution < 1.29 is 4.42 Å². The van der Waals surface area contributed by atoms with Crippen LogP contribution in [0.5, 0.6) is 0 Å². The van der Waals surface area contributed by atoms with E-state index in [4.69, 9.17) is 4.42 Å². The minimum absolute atomic E-state index is 0.817. The Hall–Kier alpha value is -1.49. The minimum Gasteiger partial charge on any atom is -0.469 e. The maximum absolute atomic E-state index is 5.31. The van der Waals surface area contributed by atoms with Crippen molar-refractivity contribution in [1.29, 1.82) is 0 Å². The summed E-state index contributed by atoms with van der Waals surface area (Å²) in [5, 5.41) is 6.59. The van der Waals surface area contributed by atoms with Gasteiger partial charge in [-0.05, 0) is 32.1 Å². The number of guanidine groups is 1. The molecule has 0 bridgehead atoms. The quantitative estimate of drug-likeness (QED) is 0.534. The van der Waals surface area contributed by atoms with E-state index in [1.165, 1.54) is 0 Å². The molecule has 5 nitrogen and oxygen atoms in total. The van der Waals surface area contributed by atoms with Crippen molar-refractivity contribution in [3.05, 3.63) is 24.2 Å². The number of furan rings is 1. The summed E-state index contributed by atoms with van der Waals surface area (Å²) in [6, 6.07) is 3.91. The van der Waals surface area contributed by atoms with Gasteiger partial charge in [0, 0.05) is 26.1 Å². The van der Waals surface area contributed by atoms with Crippen LogP contribution in [0.4, 0.5) is 0 Å².